The summed E-state index contributed by atoms with van der Waals surface area (Å²) in [5, 5.41) is 3.46. The lowest BCUT2D eigenvalue weighted by atomic mass is 10.1. The summed E-state index contributed by atoms with van der Waals surface area (Å²) >= 11 is 9.36. The van der Waals surface area contributed by atoms with Gasteiger partial charge in [-0.25, -0.2) is 0 Å². The summed E-state index contributed by atoms with van der Waals surface area (Å²) in [6, 6.07) is 11.0. The Hall–Kier alpha value is -1.32. The van der Waals surface area contributed by atoms with Crippen LogP contribution in [0.3, 0.4) is 0 Å². The molecule has 0 fully saturated rings. The van der Waals surface area contributed by atoms with Crippen molar-refractivity contribution in [2.24, 2.45) is 0 Å². The first-order valence-corrected chi connectivity index (χ1v) is 6.97. The highest BCUT2D eigenvalue weighted by molar-refractivity contribution is 9.10. The molecule has 98 valence electrons. The van der Waals surface area contributed by atoms with E-state index < -0.39 is 0 Å². The average molecular weight is 339 g/mol. The maximum atomic E-state index is 12.2. The molecule has 2 aromatic rings. The first-order valence-electron chi connectivity index (χ1n) is 5.80. The van der Waals surface area contributed by atoms with E-state index in [-0.39, 0.29) is 5.91 Å². The predicted molar refractivity (Wildman–Crippen MR) is 83.0 cm³/mol. The molecule has 0 heterocycles. The van der Waals surface area contributed by atoms with E-state index in [2.05, 4.69) is 21.2 Å². The van der Waals surface area contributed by atoms with Gasteiger partial charge in [-0.2, -0.15) is 0 Å². The van der Waals surface area contributed by atoms with Gasteiger partial charge >= 0.3 is 0 Å². The van der Waals surface area contributed by atoms with Crippen LogP contribution in [-0.4, -0.2) is 5.91 Å². The molecule has 2 nitrogen and oxygen atoms in total. The molecular weight excluding hydrogens is 326 g/mol. The van der Waals surface area contributed by atoms with Crippen molar-refractivity contribution in [1.29, 1.82) is 0 Å². The standard InChI is InChI=1S/C15H13BrClNO/c1-9-5-11(8-13(17)6-9)15(19)18-14-4-3-12(16)7-10(14)2/h3-8H,1-2H3,(H,18,19). The summed E-state index contributed by atoms with van der Waals surface area (Å²) in [6.45, 7) is 3.86. The lowest BCUT2D eigenvalue weighted by molar-refractivity contribution is 0.102. The van der Waals surface area contributed by atoms with Crippen molar-refractivity contribution in [1.82, 2.24) is 0 Å². The molecule has 0 saturated carbocycles. The SMILES string of the molecule is Cc1cc(Cl)cc(C(=O)Nc2ccc(Br)cc2C)c1. The molecule has 0 aliphatic heterocycles. The van der Waals surface area contributed by atoms with Gasteiger partial charge in [0.25, 0.3) is 5.91 Å². The normalized spacial score (nSPS) is 10.3. The smallest absolute Gasteiger partial charge is 0.255 e. The summed E-state index contributed by atoms with van der Waals surface area (Å²) in [7, 11) is 0. The van der Waals surface area contributed by atoms with Gasteiger partial charge in [0.2, 0.25) is 0 Å². The van der Waals surface area contributed by atoms with Gasteiger partial charge in [-0.1, -0.05) is 27.5 Å². The van der Waals surface area contributed by atoms with Crippen LogP contribution < -0.4 is 5.32 Å². The maximum absolute atomic E-state index is 12.2. The van der Waals surface area contributed by atoms with Gasteiger partial charge in [-0.05, 0) is 61.4 Å². The molecule has 0 aliphatic carbocycles. The van der Waals surface area contributed by atoms with Crippen molar-refractivity contribution < 1.29 is 4.79 Å². The van der Waals surface area contributed by atoms with Gasteiger partial charge in [-0.15, -0.1) is 0 Å². The number of anilines is 1. The molecule has 0 aromatic heterocycles. The number of hydrogen-bond donors (Lipinski definition) is 1. The second-order valence-electron chi connectivity index (χ2n) is 4.43. The summed E-state index contributed by atoms with van der Waals surface area (Å²) in [4.78, 5) is 12.2. The number of halogens is 2. The van der Waals surface area contributed by atoms with Crippen LogP contribution in [0, 0.1) is 13.8 Å². The van der Waals surface area contributed by atoms with Gasteiger partial charge in [0.05, 0.1) is 0 Å². The van der Waals surface area contributed by atoms with Crippen LogP contribution in [0.4, 0.5) is 5.69 Å². The van der Waals surface area contributed by atoms with Crippen LogP contribution in [0.1, 0.15) is 21.5 Å². The molecule has 2 rings (SSSR count). The highest BCUT2D eigenvalue weighted by Crippen LogP contribution is 2.21. The summed E-state index contributed by atoms with van der Waals surface area (Å²) in [5.41, 5.74) is 3.32. The predicted octanol–water partition coefficient (Wildman–Crippen LogP) is 4.97. The number of benzene rings is 2. The number of hydrogen-bond acceptors (Lipinski definition) is 1. The molecule has 0 aliphatic rings. The fraction of sp³-hybridized carbons (Fsp3) is 0.133. The molecule has 1 amide bonds. The Kier molecular flexibility index (Phi) is 4.27. The molecule has 0 saturated heterocycles. The zero-order chi connectivity index (χ0) is 14.0. The Morgan fingerprint density at radius 2 is 1.89 bits per heavy atom. The van der Waals surface area contributed by atoms with Crippen LogP contribution >= 0.6 is 27.5 Å². The van der Waals surface area contributed by atoms with E-state index in [9.17, 15) is 4.79 Å². The van der Waals surface area contributed by atoms with Crippen LogP contribution in [0.25, 0.3) is 0 Å². The molecule has 19 heavy (non-hydrogen) atoms. The van der Waals surface area contributed by atoms with E-state index in [4.69, 9.17) is 11.6 Å². The Bertz CT molecular complexity index is 620. The van der Waals surface area contributed by atoms with Gasteiger partial charge in [-0.3, -0.25) is 4.79 Å². The topological polar surface area (TPSA) is 29.1 Å². The summed E-state index contributed by atoms with van der Waals surface area (Å²) < 4.78 is 0.988. The van der Waals surface area contributed by atoms with E-state index in [1.165, 1.54) is 0 Å². The van der Waals surface area contributed by atoms with Crippen molar-refractivity contribution in [3.63, 3.8) is 0 Å². The number of amides is 1. The minimum atomic E-state index is -0.156. The largest absolute Gasteiger partial charge is 0.322 e. The molecule has 0 unspecified atom stereocenters. The van der Waals surface area contributed by atoms with Crippen LogP contribution in [0.2, 0.25) is 5.02 Å². The Balaban J connectivity index is 2.25. The second-order valence-corrected chi connectivity index (χ2v) is 5.78. The maximum Gasteiger partial charge on any atom is 0.255 e. The Labute approximate surface area is 125 Å². The van der Waals surface area contributed by atoms with Crippen molar-refractivity contribution in [2.75, 3.05) is 5.32 Å². The number of nitrogens with one attached hydrogen (secondary N) is 1. The zero-order valence-corrected chi connectivity index (χ0v) is 13.0. The molecule has 0 radical (unpaired) electrons. The third-order valence-corrected chi connectivity index (χ3v) is 3.45. The number of carbonyl (C=O) groups excluding carboxylic acids is 1. The first kappa shape index (κ1) is 14.1. The number of aryl methyl sites for hydroxylation is 2. The minimum Gasteiger partial charge on any atom is -0.322 e. The fourth-order valence-electron chi connectivity index (χ4n) is 1.83. The van der Waals surface area contributed by atoms with Gasteiger partial charge in [0.1, 0.15) is 0 Å². The minimum absolute atomic E-state index is 0.156. The van der Waals surface area contributed by atoms with E-state index in [0.717, 1.165) is 21.3 Å². The molecule has 2 aromatic carbocycles. The fourth-order valence-corrected chi connectivity index (χ4v) is 2.59. The third-order valence-electron chi connectivity index (χ3n) is 2.74. The van der Waals surface area contributed by atoms with Crippen molar-refractivity contribution in [2.45, 2.75) is 13.8 Å². The van der Waals surface area contributed by atoms with E-state index in [1.54, 1.807) is 6.07 Å². The Morgan fingerprint density at radius 3 is 2.53 bits per heavy atom. The molecule has 0 atom stereocenters. The molecule has 1 N–H and O–H groups in total. The Morgan fingerprint density at radius 1 is 1.16 bits per heavy atom. The van der Waals surface area contributed by atoms with Gasteiger partial charge < -0.3 is 5.32 Å². The van der Waals surface area contributed by atoms with Crippen molar-refractivity contribution in [3.8, 4) is 0 Å². The number of rotatable bonds is 2. The summed E-state index contributed by atoms with van der Waals surface area (Å²) in [5.74, 6) is -0.156. The van der Waals surface area contributed by atoms with Gasteiger partial charge in [0.15, 0.2) is 0 Å². The van der Waals surface area contributed by atoms with E-state index in [1.807, 2.05) is 44.2 Å². The first-order chi connectivity index (χ1) is 8.95. The van der Waals surface area contributed by atoms with Crippen molar-refractivity contribution in [3.05, 3.63) is 62.6 Å². The summed E-state index contributed by atoms with van der Waals surface area (Å²) in [6.07, 6.45) is 0. The molecule has 0 bridgehead atoms. The van der Waals surface area contributed by atoms with Crippen molar-refractivity contribution >= 4 is 39.1 Å². The monoisotopic (exact) mass is 337 g/mol. The average Bonchev–Trinajstić information content (AvgIpc) is 2.31. The van der Waals surface area contributed by atoms with Crippen LogP contribution in [-0.2, 0) is 0 Å². The lowest BCUT2D eigenvalue weighted by Gasteiger charge is -2.09. The van der Waals surface area contributed by atoms with E-state index in [0.29, 0.717) is 10.6 Å². The highest BCUT2D eigenvalue weighted by atomic mass is 79.9. The highest BCUT2D eigenvalue weighted by Gasteiger charge is 2.09. The van der Waals surface area contributed by atoms with Crippen LogP contribution in [0.15, 0.2) is 40.9 Å². The quantitative estimate of drug-likeness (QED) is 0.823. The van der Waals surface area contributed by atoms with Crippen LogP contribution in [0.5, 0.6) is 0 Å². The number of carbonyl (C=O) groups is 1. The second kappa shape index (κ2) is 5.76. The molecule has 0 spiro atoms. The lowest BCUT2D eigenvalue weighted by Crippen LogP contribution is -2.12. The molecular formula is C15H13BrClNO. The molecule has 4 heteroatoms. The van der Waals surface area contributed by atoms with Gasteiger partial charge in [0, 0.05) is 20.7 Å². The zero-order valence-electron chi connectivity index (χ0n) is 10.6. The van der Waals surface area contributed by atoms with E-state index >= 15 is 0 Å². The third kappa shape index (κ3) is 3.58.